The first kappa shape index (κ1) is 13.6. The van der Waals surface area contributed by atoms with Crippen LogP contribution < -0.4 is 4.90 Å². The standard InChI is InChI=1S/C15H14BrN3/c1-19(9-7-13-4-2-3-8-18-13)15-6-5-12(11-17)10-14(15)16/h2-6,8,10H,7,9H2,1H3. The Morgan fingerprint density at radius 2 is 2.16 bits per heavy atom. The van der Waals surface area contributed by atoms with E-state index in [9.17, 15) is 0 Å². The highest BCUT2D eigenvalue weighted by atomic mass is 79.9. The molecule has 0 unspecified atom stereocenters. The summed E-state index contributed by atoms with van der Waals surface area (Å²) in [7, 11) is 2.04. The quantitative estimate of drug-likeness (QED) is 0.868. The lowest BCUT2D eigenvalue weighted by Crippen LogP contribution is -2.21. The van der Waals surface area contributed by atoms with Gasteiger partial charge in [0.25, 0.3) is 0 Å². The molecule has 19 heavy (non-hydrogen) atoms. The third-order valence-corrected chi connectivity index (χ3v) is 3.55. The van der Waals surface area contributed by atoms with Crippen LogP contribution in [0.25, 0.3) is 0 Å². The first-order chi connectivity index (χ1) is 9.20. The smallest absolute Gasteiger partial charge is 0.0992 e. The number of nitrogens with zero attached hydrogens (tertiary/aromatic N) is 3. The summed E-state index contributed by atoms with van der Waals surface area (Å²) in [5.41, 5.74) is 2.82. The van der Waals surface area contributed by atoms with Crippen LogP contribution in [0.2, 0.25) is 0 Å². The van der Waals surface area contributed by atoms with E-state index < -0.39 is 0 Å². The van der Waals surface area contributed by atoms with Gasteiger partial charge in [-0.1, -0.05) is 6.07 Å². The second-order valence-electron chi connectivity index (χ2n) is 4.27. The zero-order chi connectivity index (χ0) is 13.7. The number of halogens is 1. The number of pyridine rings is 1. The van der Waals surface area contributed by atoms with Gasteiger partial charge in [-0.15, -0.1) is 0 Å². The van der Waals surface area contributed by atoms with E-state index >= 15 is 0 Å². The van der Waals surface area contributed by atoms with E-state index in [1.165, 1.54) is 0 Å². The highest BCUT2D eigenvalue weighted by Gasteiger charge is 2.07. The van der Waals surface area contributed by atoms with Crippen LogP contribution in [0.1, 0.15) is 11.3 Å². The van der Waals surface area contributed by atoms with Crippen molar-refractivity contribution in [3.8, 4) is 6.07 Å². The van der Waals surface area contributed by atoms with Gasteiger partial charge in [0, 0.05) is 36.4 Å². The second kappa shape index (κ2) is 6.35. The molecule has 96 valence electrons. The van der Waals surface area contributed by atoms with Crippen molar-refractivity contribution < 1.29 is 0 Å². The number of aromatic nitrogens is 1. The SMILES string of the molecule is CN(CCc1ccccn1)c1ccc(C#N)cc1Br. The van der Waals surface area contributed by atoms with E-state index in [0.717, 1.165) is 28.8 Å². The molecule has 0 amide bonds. The molecule has 0 saturated carbocycles. The maximum absolute atomic E-state index is 8.85. The molecule has 0 radical (unpaired) electrons. The molecule has 0 aliphatic carbocycles. The van der Waals surface area contributed by atoms with Gasteiger partial charge in [0.2, 0.25) is 0 Å². The van der Waals surface area contributed by atoms with Crippen molar-refractivity contribution in [1.82, 2.24) is 4.98 Å². The zero-order valence-electron chi connectivity index (χ0n) is 10.7. The molecular weight excluding hydrogens is 302 g/mol. The third-order valence-electron chi connectivity index (χ3n) is 2.92. The number of rotatable bonds is 4. The van der Waals surface area contributed by atoms with Crippen LogP contribution in [-0.2, 0) is 6.42 Å². The highest BCUT2D eigenvalue weighted by Crippen LogP contribution is 2.26. The minimum absolute atomic E-state index is 0.661. The van der Waals surface area contributed by atoms with Crippen molar-refractivity contribution in [2.24, 2.45) is 0 Å². The minimum atomic E-state index is 0.661. The first-order valence-corrected chi connectivity index (χ1v) is 6.80. The van der Waals surface area contributed by atoms with E-state index in [2.05, 4.69) is 31.9 Å². The Bertz CT molecular complexity index is 590. The second-order valence-corrected chi connectivity index (χ2v) is 5.12. The van der Waals surface area contributed by atoms with Gasteiger partial charge in [0.1, 0.15) is 0 Å². The van der Waals surface area contributed by atoms with Gasteiger partial charge in [-0.2, -0.15) is 5.26 Å². The van der Waals surface area contributed by atoms with E-state index in [0.29, 0.717) is 5.56 Å². The maximum Gasteiger partial charge on any atom is 0.0992 e. The maximum atomic E-state index is 8.85. The summed E-state index contributed by atoms with van der Waals surface area (Å²) in [6.45, 7) is 0.877. The van der Waals surface area contributed by atoms with Crippen LogP contribution in [-0.4, -0.2) is 18.6 Å². The number of likely N-dealkylation sites (N-methyl/N-ethyl adjacent to an activating group) is 1. The Balaban J connectivity index is 2.04. The average Bonchev–Trinajstić information content (AvgIpc) is 2.45. The first-order valence-electron chi connectivity index (χ1n) is 6.01. The predicted molar refractivity (Wildman–Crippen MR) is 80.1 cm³/mol. The van der Waals surface area contributed by atoms with Crippen LogP contribution >= 0.6 is 15.9 Å². The number of anilines is 1. The summed E-state index contributed by atoms with van der Waals surface area (Å²) in [5, 5.41) is 8.85. The monoisotopic (exact) mass is 315 g/mol. The van der Waals surface area contributed by atoms with Crippen molar-refractivity contribution in [3.05, 3.63) is 58.3 Å². The Hall–Kier alpha value is -1.86. The lowest BCUT2D eigenvalue weighted by atomic mass is 10.2. The number of hydrogen-bond donors (Lipinski definition) is 0. The number of nitriles is 1. The summed E-state index contributed by atoms with van der Waals surface area (Å²) in [5.74, 6) is 0. The van der Waals surface area contributed by atoms with Crippen molar-refractivity contribution in [2.75, 3.05) is 18.5 Å². The summed E-state index contributed by atoms with van der Waals surface area (Å²) in [4.78, 5) is 6.47. The molecule has 0 N–H and O–H groups in total. The largest absolute Gasteiger partial charge is 0.373 e. The fourth-order valence-corrected chi connectivity index (χ4v) is 2.52. The van der Waals surface area contributed by atoms with Crippen molar-refractivity contribution in [2.45, 2.75) is 6.42 Å². The molecule has 0 spiro atoms. The van der Waals surface area contributed by atoms with Gasteiger partial charge < -0.3 is 4.90 Å². The topological polar surface area (TPSA) is 39.9 Å². The van der Waals surface area contributed by atoms with E-state index in [1.54, 1.807) is 0 Å². The molecule has 3 nitrogen and oxygen atoms in total. The molecule has 0 bridgehead atoms. The lowest BCUT2D eigenvalue weighted by Gasteiger charge is -2.20. The van der Waals surface area contributed by atoms with E-state index in [1.807, 2.05) is 49.6 Å². The molecule has 4 heteroatoms. The van der Waals surface area contributed by atoms with Crippen LogP contribution in [0.15, 0.2) is 47.1 Å². The van der Waals surface area contributed by atoms with E-state index in [4.69, 9.17) is 5.26 Å². The molecule has 1 aromatic carbocycles. The summed E-state index contributed by atoms with van der Waals surface area (Å²) in [6, 6.07) is 13.7. The molecule has 0 fully saturated rings. The minimum Gasteiger partial charge on any atom is -0.373 e. The van der Waals surface area contributed by atoms with Gasteiger partial charge in [0.15, 0.2) is 0 Å². The van der Waals surface area contributed by atoms with Gasteiger partial charge >= 0.3 is 0 Å². The van der Waals surface area contributed by atoms with Crippen LogP contribution in [0.4, 0.5) is 5.69 Å². The third kappa shape index (κ3) is 3.55. The number of benzene rings is 1. The highest BCUT2D eigenvalue weighted by molar-refractivity contribution is 9.10. The summed E-state index contributed by atoms with van der Waals surface area (Å²) in [6.07, 6.45) is 2.71. The van der Waals surface area contributed by atoms with E-state index in [-0.39, 0.29) is 0 Å². The van der Waals surface area contributed by atoms with Gasteiger partial charge in [0.05, 0.1) is 17.3 Å². The van der Waals surface area contributed by atoms with Crippen molar-refractivity contribution in [1.29, 1.82) is 5.26 Å². The molecule has 1 aromatic heterocycles. The molecule has 0 aliphatic heterocycles. The Morgan fingerprint density at radius 1 is 1.32 bits per heavy atom. The Labute approximate surface area is 121 Å². The fourth-order valence-electron chi connectivity index (χ4n) is 1.83. The molecule has 0 atom stereocenters. The van der Waals surface area contributed by atoms with Crippen molar-refractivity contribution in [3.63, 3.8) is 0 Å². The normalized spacial score (nSPS) is 9.95. The summed E-state index contributed by atoms with van der Waals surface area (Å²) < 4.78 is 0.940. The van der Waals surface area contributed by atoms with Gasteiger partial charge in [-0.05, 0) is 46.3 Å². The molecule has 2 rings (SSSR count). The van der Waals surface area contributed by atoms with Gasteiger partial charge in [-0.3, -0.25) is 4.98 Å². The number of hydrogen-bond acceptors (Lipinski definition) is 3. The molecule has 0 saturated heterocycles. The van der Waals surface area contributed by atoms with Gasteiger partial charge in [-0.25, -0.2) is 0 Å². The zero-order valence-corrected chi connectivity index (χ0v) is 12.3. The fraction of sp³-hybridized carbons (Fsp3) is 0.200. The molecule has 0 aliphatic rings. The van der Waals surface area contributed by atoms with Crippen molar-refractivity contribution >= 4 is 21.6 Å². The summed E-state index contributed by atoms with van der Waals surface area (Å²) >= 11 is 3.51. The average molecular weight is 316 g/mol. The molecule has 2 aromatic rings. The van der Waals surface area contributed by atoms with Crippen LogP contribution in [0, 0.1) is 11.3 Å². The molecular formula is C15H14BrN3. The molecule has 1 heterocycles. The van der Waals surface area contributed by atoms with Crippen LogP contribution in [0.3, 0.4) is 0 Å². The Kier molecular flexibility index (Phi) is 4.53. The predicted octanol–water partition coefficient (Wildman–Crippen LogP) is 3.39. The van der Waals surface area contributed by atoms with Crippen LogP contribution in [0.5, 0.6) is 0 Å². The Morgan fingerprint density at radius 3 is 2.79 bits per heavy atom. The lowest BCUT2D eigenvalue weighted by molar-refractivity contribution is 0.851.